The Bertz CT molecular complexity index is 1200. The number of methoxy groups -OCH3 is 2. The number of hydrogen-bond acceptors (Lipinski definition) is 6. The fraction of sp³-hybridized carbons (Fsp3) is 0.375. The molecule has 1 fully saturated rings. The third-order valence-corrected chi connectivity index (χ3v) is 7.78. The molecule has 2 atom stereocenters. The molecule has 6 nitrogen and oxygen atoms in total. The predicted octanol–water partition coefficient (Wildman–Crippen LogP) is 6.00. The Labute approximate surface area is 196 Å². The van der Waals surface area contributed by atoms with E-state index in [-0.39, 0.29) is 10.5 Å². The molecule has 2 heterocycles. The number of rotatable bonds is 6. The van der Waals surface area contributed by atoms with Gasteiger partial charge in [-0.15, -0.1) is 22.0 Å². The van der Waals surface area contributed by atoms with Gasteiger partial charge < -0.3 is 9.47 Å². The van der Waals surface area contributed by atoms with E-state index < -0.39 is 0 Å². The maximum absolute atomic E-state index is 9.31. The molecule has 0 amide bonds. The van der Waals surface area contributed by atoms with Crippen LogP contribution >= 0.6 is 23.4 Å². The Hall–Kier alpha value is -2.69. The molecular formula is C24H23ClN4O2S. The molecule has 1 aliphatic heterocycles. The van der Waals surface area contributed by atoms with Gasteiger partial charge in [0.15, 0.2) is 17.3 Å². The van der Waals surface area contributed by atoms with E-state index in [1.807, 2.05) is 24.3 Å². The van der Waals surface area contributed by atoms with E-state index >= 15 is 0 Å². The Kier molecular flexibility index (Phi) is 5.75. The van der Waals surface area contributed by atoms with E-state index in [9.17, 15) is 5.26 Å². The standard InChI is InChI=1S/C24H23ClN4O2S/c1-30-19-6-3-5-16(21(19)31-2)22-17-13-15(25)10-11-18(17)29-23(14-8-9-14)27-28-24(29)20(32-22)7-4-12-26/h3,5-6,10-11,13-14,20,22H,4,7-9H2,1-2H3/t20-,22-/m0/s1. The number of benzene rings is 2. The van der Waals surface area contributed by atoms with Crippen LogP contribution in [0.1, 0.15) is 64.9 Å². The van der Waals surface area contributed by atoms with Gasteiger partial charge in [-0.05, 0) is 49.1 Å². The maximum atomic E-state index is 9.31. The smallest absolute Gasteiger partial charge is 0.165 e. The van der Waals surface area contributed by atoms with E-state index in [1.54, 1.807) is 26.0 Å². The second kappa shape index (κ2) is 8.68. The van der Waals surface area contributed by atoms with Crippen molar-refractivity contribution < 1.29 is 9.47 Å². The van der Waals surface area contributed by atoms with Crippen LogP contribution in [0, 0.1) is 11.3 Å². The minimum Gasteiger partial charge on any atom is -0.493 e. The first-order valence-electron chi connectivity index (χ1n) is 10.6. The first kappa shape index (κ1) is 21.2. The molecule has 1 aliphatic carbocycles. The first-order chi connectivity index (χ1) is 15.7. The van der Waals surface area contributed by atoms with Gasteiger partial charge in [-0.1, -0.05) is 23.7 Å². The molecule has 1 saturated carbocycles. The number of aromatic nitrogens is 3. The van der Waals surface area contributed by atoms with Crippen LogP contribution in [0.25, 0.3) is 5.69 Å². The molecule has 0 spiro atoms. The van der Waals surface area contributed by atoms with Gasteiger partial charge in [0, 0.05) is 22.9 Å². The van der Waals surface area contributed by atoms with Gasteiger partial charge in [0.2, 0.25) is 0 Å². The summed E-state index contributed by atoms with van der Waals surface area (Å²) in [7, 11) is 3.31. The number of nitriles is 1. The Balaban J connectivity index is 1.75. The molecule has 0 radical (unpaired) electrons. The maximum Gasteiger partial charge on any atom is 0.165 e. The number of hydrogen-bond donors (Lipinski definition) is 0. The largest absolute Gasteiger partial charge is 0.493 e. The van der Waals surface area contributed by atoms with E-state index in [0.717, 1.165) is 41.3 Å². The molecule has 0 N–H and O–H groups in total. The van der Waals surface area contributed by atoms with Gasteiger partial charge in [0.1, 0.15) is 5.82 Å². The second-order valence-corrected chi connectivity index (χ2v) is 9.76. The summed E-state index contributed by atoms with van der Waals surface area (Å²) in [5, 5.41) is 19.1. The summed E-state index contributed by atoms with van der Waals surface area (Å²) in [5.41, 5.74) is 3.13. The zero-order valence-corrected chi connectivity index (χ0v) is 19.5. The summed E-state index contributed by atoms with van der Waals surface area (Å²) >= 11 is 8.27. The van der Waals surface area contributed by atoms with Gasteiger partial charge >= 0.3 is 0 Å². The summed E-state index contributed by atoms with van der Waals surface area (Å²) in [6, 6.07) is 14.2. The fourth-order valence-electron chi connectivity index (χ4n) is 4.36. The third kappa shape index (κ3) is 3.62. The van der Waals surface area contributed by atoms with Crippen LogP contribution in [0.4, 0.5) is 0 Å². The highest BCUT2D eigenvalue weighted by Gasteiger charge is 2.38. The van der Waals surface area contributed by atoms with Crippen LogP contribution in [0.2, 0.25) is 5.02 Å². The van der Waals surface area contributed by atoms with Crippen LogP contribution in [-0.2, 0) is 0 Å². The van der Waals surface area contributed by atoms with E-state index in [2.05, 4.69) is 33.0 Å². The number of nitrogens with zero attached hydrogens (tertiary/aromatic N) is 4. The molecule has 5 rings (SSSR count). The highest BCUT2D eigenvalue weighted by atomic mass is 35.5. The molecule has 2 aliphatic rings. The predicted molar refractivity (Wildman–Crippen MR) is 125 cm³/mol. The summed E-state index contributed by atoms with van der Waals surface area (Å²) in [6.45, 7) is 0. The molecule has 0 bridgehead atoms. The Morgan fingerprint density at radius 3 is 2.66 bits per heavy atom. The lowest BCUT2D eigenvalue weighted by atomic mass is 10.0. The first-order valence-corrected chi connectivity index (χ1v) is 12.0. The van der Waals surface area contributed by atoms with Gasteiger partial charge in [0.05, 0.1) is 36.5 Å². The summed E-state index contributed by atoms with van der Waals surface area (Å²) in [5.74, 6) is 3.73. The van der Waals surface area contributed by atoms with Crippen LogP contribution in [0.5, 0.6) is 11.5 Å². The highest BCUT2D eigenvalue weighted by Crippen LogP contribution is 2.55. The Morgan fingerprint density at radius 2 is 1.94 bits per heavy atom. The Morgan fingerprint density at radius 1 is 1.12 bits per heavy atom. The van der Waals surface area contributed by atoms with Gasteiger partial charge in [-0.2, -0.15) is 5.26 Å². The van der Waals surface area contributed by atoms with E-state index in [1.165, 1.54) is 0 Å². The monoisotopic (exact) mass is 466 g/mol. The number of fused-ring (bicyclic) bond motifs is 3. The molecule has 32 heavy (non-hydrogen) atoms. The fourth-order valence-corrected chi connectivity index (χ4v) is 6.06. The molecule has 0 saturated heterocycles. The molecule has 1 aromatic heterocycles. The molecular weight excluding hydrogens is 444 g/mol. The number of halogens is 1. The zero-order valence-electron chi connectivity index (χ0n) is 17.9. The van der Waals surface area contributed by atoms with Crippen LogP contribution in [0.3, 0.4) is 0 Å². The average Bonchev–Trinajstić information content (AvgIpc) is 3.59. The average molecular weight is 467 g/mol. The topological polar surface area (TPSA) is 73.0 Å². The number of thioether (sulfide) groups is 1. The van der Waals surface area contributed by atoms with Crippen LogP contribution in [0.15, 0.2) is 36.4 Å². The van der Waals surface area contributed by atoms with Crippen molar-refractivity contribution in [2.24, 2.45) is 0 Å². The second-order valence-electron chi connectivity index (χ2n) is 8.01. The lowest BCUT2D eigenvalue weighted by molar-refractivity contribution is 0.352. The third-order valence-electron chi connectivity index (χ3n) is 5.99. The van der Waals surface area contributed by atoms with E-state index in [4.69, 9.17) is 21.1 Å². The molecule has 164 valence electrons. The molecule has 3 aromatic rings. The minimum absolute atomic E-state index is 0.00160. The van der Waals surface area contributed by atoms with Crippen molar-refractivity contribution in [3.05, 3.63) is 64.2 Å². The quantitative estimate of drug-likeness (QED) is 0.443. The van der Waals surface area contributed by atoms with Crippen molar-refractivity contribution >= 4 is 23.4 Å². The molecule has 2 aromatic carbocycles. The van der Waals surface area contributed by atoms with Crippen molar-refractivity contribution in [1.29, 1.82) is 5.26 Å². The van der Waals surface area contributed by atoms with Crippen LogP contribution in [-0.4, -0.2) is 29.0 Å². The number of para-hydroxylation sites is 1. The van der Waals surface area contributed by atoms with Crippen molar-refractivity contribution in [3.63, 3.8) is 0 Å². The molecule has 0 unspecified atom stereocenters. The summed E-state index contributed by atoms with van der Waals surface area (Å²) in [4.78, 5) is 0. The highest BCUT2D eigenvalue weighted by molar-refractivity contribution is 8.00. The lowest BCUT2D eigenvalue weighted by Crippen LogP contribution is -2.07. The van der Waals surface area contributed by atoms with Crippen molar-refractivity contribution in [1.82, 2.24) is 14.8 Å². The van der Waals surface area contributed by atoms with Crippen molar-refractivity contribution in [2.45, 2.75) is 42.1 Å². The van der Waals surface area contributed by atoms with Crippen LogP contribution < -0.4 is 9.47 Å². The molecule has 8 heteroatoms. The van der Waals surface area contributed by atoms with Crippen molar-refractivity contribution in [3.8, 4) is 23.3 Å². The zero-order chi connectivity index (χ0) is 22.2. The van der Waals surface area contributed by atoms with Gasteiger partial charge in [-0.25, -0.2) is 0 Å². The summed E-state index contributed by atoms with van der Waals surface area (Å²) in [6.07, 6.45) is 3.39. The SMILES string of the molecule is COc1cccc([C@@H]2S[C@@H](CCC#N)c3nnc(C4CC4)n3-c3ccc(Cl)cc32)c1OC. The summed E-state index contributed by atoms with van der Waals surface area (Å²) < 4.78 is 13.6. The van der Waals surface area contributed by atoms with Gasteiger partial charge in [0.25, 0.3) is 0 Å². The van der Waals surface area contributed by atoms with Gasteiger partial charge in [-0.3, -0.25) is 4.57 Å². The van der Waals surface area contributed by atoms with Crippen molar-refractivity contribution in [2.75, 3.05) is 14.2 Å². The normalized spacial score (nSPS) is 19.4. The lowest BCUT2D eigenvalue weighted by Gasteiger charge is -2.23. The van der Waals surface area contributed by atoms with E-state index in [0.29, 0.717) is 35.3 Å². The number of ether oxygens (including phenoxy) is 2. The minimum atomic E-state index is -0.0776.